The quantitative estimate of drug-likeness (QED) is 0.491. The Morgan fingerprint density at radius 1 is 1.03 bits per heavy atom. The van der Waals surface area contributed by atoms with E-state index in [0.29, 0.717) is 47.6 Å². The van der Waals surface area contributed by atoms with Gasteiger partial charge < -0.3 is 14.2 Å². The summed E-state index contributed by atoms with van der Waals surface area (Å²) < 4.78 is 10.3. The summed E-state index contributed by atoms with van der Waals surface area (Å²) in [6, 6.07) is 15.3. The predicted octanol–water partition coefficient (Wildman–Crippen LogP) is 2.82. The fourth-order valence-corrected chi connectivity index (χ4v) is 4.11. The second-order valence-corrected chi connectivity index (χ2v) is 7.88. The number of hydrogen-bond donors (Lipinski definition) is 0. The van der Waals surface area contributed by atoms with Crippen LogP contribution in [0.3, 0.4) is 0 Å². The number of nitrogens with zero attached hydrogens (tertiary/aromatic N) is 5. The Morgan fingerprint density at radius 2 is 1.84 bits per heavy atom. The second-order valence-electron chi connectivity index (χ2n) is 7.47. The molecule has 31 heavy (non-hydrogen) atoms. The molecule has 4 aromatic rings. The van der Waals surface area contributed by atoms with Crippen molar-refractivity contribution in [2.24, 2.45) is 14.1 Å². The minimum absolute atomic E-state index is 0.337. The molecule has 1 aliphatic heterocycles. The molecule has 5 rings (SSSR count). The van der Waals surface area contributed by atoms with E-state index in [9.17, 15) is 9.59 Å². The number of aromatic nitrogens is 4. The van der Waals surface area contributed by atoms with Crippen molar-refractivity contribution in [3.05, 3.63) is 80.0 Å². The van der Waals surface area contributed by atoms with Gasteiger partial charge in [-0.2, -0.15) is 4.98 Å². The highest BCUT2D eigenvalue weighted by Crippen LogP contribution is 2.33. The van der Waals surface area contributed by atoms with Gasteiger partial charge in [-0.1, -0.05) is 35.9 Å². The van der Waals surface area contributed by atoms with Gasteiger partial charge in [0, 0.05) is 49.5 Å². The molecule has 8 nitrogen and oxygen atoms in total. The van der Waals surface area contributed by atoms with Crippen LogP contribution in [0.15, 0.2) is 58.1 Å². The summed E-state index contributed by atoms with van der Waals surface area (Å²) in [6.07, 6.45) is 0. The van der Waals surface area contributed by atoms with Crippen LogP contribution in [0.2, 0.25) is 5.02 Å². The van der Waals surface area contributed by atoms with Gasteiger partial charge in [0.15, 0.2) is 11.2 Å². The third-order valence-electron chi connectivity index (χ3n) is 5.60. The molecule has 0 fully saturated rings. The smallest absolute Gasteiger partial charge is 0.332 e. The van der Waals surface area contributed by atoms with E-state index in [4.69, 9.17) is 16.3 Å². The van der Waals surface area contributed by atoms with Crippen LogP contribution in [0.4, 0.5) is 11.6 Å². The van der Waals surface area contributed by atoms with Crippen LogP contribution in [0.5, 0.6) is 5.75 Å². The van der Waals surface area contributed by atoms with Crippen molar-refractivity contribution in [1.82, 2.24) is 18.7 Å². The van der Waals surface area contributed by atoms with Gasteiger partial charge in [-0.25, -0.2) is 4.79 Å². The average molecular weight is 438 g/mol. The maximum absolute atomic E-state index is 12.7. The number of ether oxygens (including phenoxy) is 1. The molecule has 0 saturated heterocycles. The molecule has 158 valence electrons. The van der Waals surface area contributed by atoms with Gasteiger partial charge in [0.25, 0.3) is 5.56 Å². The number of halogens is 1. The van der Waals surface area contributed by atoms with E-state index in [1.165, 1.54) is 11.6 Å². The molecule has 0 bridgehead atoms. The van der Waals surface area contributed by atoms with E-state index in [1.807, 2.05) is 58.0 Å². The zero-order valence-electron chi connectivity index (χ0n) is 17.1. The lowest BCUT2D eigenvalue weighted by atomic mass is 10.2. The highest BCUT2D eigenvalue weighted by molar-refractivity contribution is 6.31. The number of benzene rings is 2. The molecule has 0 N–H and O–H groups in total. The Morgan fingerprint density at radius 3 is 2.65 bits per heavy atom. The van der Waals surface area contributed by atoms with E-state index in [1.54, 1.807) is 7.05 Å². The molecule has 0 aliphatic carbocycles. The van der Waals surface area contributed by atoms with Crippen LogP contribution in [-0.2, 0) is 27.2 Å². The van der Waals surface area contributed by atoms with Crippen molar-refractivity contribution < 1.29 is 4.74 Å². The Balaban J connectivity index is 1.50. The molecule has 9 heteroatoms. The lowest BCUT2D eigenvalue weighted by molar-refractivity contribution is 0.306. The summed E-state index contributed by atoms with van der Waals surface area (Å²) in [6.45, 7) is 1.63. The highest BCUT2D eigenvalue weighted by atomic mass is 35.5. The maximum atomic E-state index is 12.7. The summed E-state index contributed by atoms with van der Waals surface area (Å²) in [5.74, 6) is 1.34. The standard InChI is InChI=1S/C22H20ClN5O3/c1-25-19-18(20(29)26(2)22(25)30)28-11-10-27(21(28)24-19)15-7-5-8-16(12-15)31-13-14-6-3-4-9-17(14)23/h3-9,12H,10-11,13H2,1-2H3. The topological polar surface area (TPSA) is 74.3 Å². The Kier molecular flexibility index (Phi) is 4.59. The largest absolute Gasteiger partial charge is 0.489 e. The summed E-state index contributed by atoms with van der Waals surface area (Å²) in [5, 5.41) is 0.666. The SMILES string of the molecule is Cn1c(=O)c2c(nc3n2CCN3c2cccc(OCc3ccccc3Cl)c2)n(C)c1=O. The minimum Gasteiger partial charge on any atom is -0.489 e. The van der Waals surface area contributed by atoms with Crippen molar-refractivity contribution in [2.75, 3.05) is 11.4 Å². The molecule has 1 aliphatic rings. The first-order valence-corrected chi connectivity index (χ1v) is 10.2. The zero-order chi connectivity index (χ0) is 21.7. The van der Waals surface area contributed by atoms with E-state index in [0.717, 1.165) is 15.8 Å². The van der Waals surface area contributed by atoms with Gasteiger partial charge in [0.1, 0.15) is 12.4 Å². The lowest BCUT2D eigenvalue weighted by Gasteiger charge is -2.17. The molecule has 2 aromatic carbocycles. The van der Waals surface area contributed by atoms with Gasteiger partial charge in [-0.15, -0.1) is 0 Å². The molecular weight excluding hydrogens is 418 g/mol. The van der Waals surface area contributed by atoms with E-state index in [2.05, 4.69) is 4.98 Å². The molecule has 3 heterocycles. The molecule has 2 aromatic heterocycles. The fourth-order valence-electron chi connectivity index (χ4n) is 3.92. The Bertz CT molecular complexity index is 1440. The Labute approximate surface area is 182 Å². The van der Waals surface area contributed by atoms with E-state index in [-0.39, 0.29) is 5.56 Å². The first-order valence-electron chi connectivity index (χ1n) is 9.86. The second kappa shape index (κ2) is 7.31. The summed E-state index contributed by atoms with van der Waals surface area (Å²) in [5.41, 5.74) is 1.90. The first kappa shape index (κ1) is 19.4. The van der Waals surface area contributed by atoms with Crippen LogP contribution >= 0.6 is 11.6 Å². The number of rotatable bonds is 4. The maximum Gasteiger partial charge on any atom is 0.332 e. The van der Waals surface area contributed by atoms with Crippen LogP contribution in [0.25, 0.3) is 11.2 Å². The third-order valence-corrected chi connectivity index (χ3v) is 5.97. The highest BCUT2D eigenvalue weighted by Gasteiger charge is 2.28. The number of imidazole rings is 1. The number of aryl methyl sites for hydroxylation is 1. The lowest BCUT2D eigenvalue weighted by Crippen LogP contribution is -2.37. The predicted molar refractivity (Wildman–Crippen MR) is 119 cm³/mol. The molecule has 0 saturated carbocycles. The number of hydrogen-bond acceptors (Lipinski definition) is 5. The number of anilines is 2. The normalized spacial score (nSPS) is 13.1. The van der Waals surface area contributed by atoms with Crippen molar-refractivity contribution >= 4 is 34.4 Å². The van der Waals surface area contributed by atoms with Crippen LogP contribution < -0.4 is 20.9 Å². The average Bonchev–Trinajstić information content (AvgIpc) is 3.35. The van der Waals surface area contributed by atoms with Crippen molar-refractivity contribution in [3.63, 3.8) is 0 Å². The fraction of sp³-hybridized carbons (Fsp3) is 0.227. The van der Waals surface area contributed by atoms with Crippen LogP contribution in [0, 0.1) is 0 Å². The summed E-state index contributed by atoms with van der Waals surface area (Å²) in [4.78, 5) is 31.6. The summed E-state index contributed by atoms with van der Waals surface area (Å²) in [7, 11) is 3.11. The molecular formula is C22H20ClN5O3. The van der Waals surface area contributed by atoms with Gasteiger partial charge in [-0.3, -0.25) is 13.9 Å². The van der Waals surface area contributed by atoms with Gasteiger partial charge in [0.2, 0.25) is 5.95 Å². The van der Waals surface area contributed by atoms with E-state index < -0.39 is 5.69 Å². The molecule has 0 unspecified atom stereocenters. The van der Waals surface area contributed by atoms with Crippen molar-refractivity contribution in [1.29, 1.82) is 0 Å². The monoisotopic (exact) mass is 437 g/mol. The Hall–Kier alpha value is -3.52. The summed E-state index contributed by atoms with van der Waals surface area (Å²) >= 11 is 6.22. The van der Waals surface area contributed by atoms with Crippen molar-refractivity contribution in [3.8, 4) is 5.75 Å². The van der Waals surface area contributed by atoms with Crippen LogP contribution in [-0.4, -0.2) is 25.2 Å². The number of fused-ring (bicyclic) bond motifs is 3. The van der Waals surface area contributed by atoms with Crippen molar-refractivity contribution in [2.45, 2.75) is 13.2 Å². The first-order chi connectivity index (χ1) is 15.0. The molecule has 0 atom stereocenters. The molecule has 0 amide bonds. The zero-order valence-corrected chi connectivity index (χ0v) is 17.8. The minimum atomic E-state index is -0.393. The van der Waals surface area contributed by atoms with Crippen LogP contribution in [0.1, 0.15) is 5.56 Å². The van der Waals surface area contributed by atoms with Gasteiger partial charge in [0.05, 0.1) is 0 Å². The molecule has 0 radical (unpaired) electrons. The van der Waals surface area contributed by atoms with Gasteiger partial charge in [-0.05, 0) is 18.2 Å². The molecule has 0 spiro atoms. The van der Waals surface area contributed by atoms with E-state index >= 15 is 0 Å². The van der Waals surface area contributed by atoms with Gasteiger partial charge >= 0.3 is 5.69 Å². The third kappa shape index (κ3) is 3.11.